The Kier molecular flexibility index (Phi) is 5.92. The number of benzene rings is 1. The lowest BCUT2D eigenvalue weighted by Crippen LogP contribution is -2.47. The second-order valence-electron chi connectivity index (χ2n) is 5.46. The van der Waals surface area contributed by atoms with Gasteiger partial charge in [0.1, 0.15) is 6.04 Å². The summed E-state index contributed by atoms with van der Waals surface area (Å²) in [4.78, 5) is 26.7. The Balaban J connectivity index is 2.29. The zero-order valence-corrected chi connectivity index (χ0v) is 15.3. The number of hydrogen-bond acceptors (Lipinski definition) is 4. The highest BCUT2D eigenvalue weighted by atomic mass is 79.9. The second kappa shape index (κ2) is 7.51. The van der Waals surface area contributed by atoms with Gasteiger partial charge in [-0.05, 0) is 37.1 Å². The molecule has 120 valence electrons. The molecule has 0 bridgehead atoms. The molecule has 1 fully saturated rings. The van der Waals surface area contributed by atoms with Gasteiger partial charge in [0.2, 0.25) is 0 Å². The zero-order valence-electron chi connectivity index (χ0n) is 12.9. The van der Waals surface area contributed by atoms with E-state index in [0.29, 0.717) is 17.9 Å². The number of rotatable bonds is 4. The Bertz CT molecular complexity index is 547. The van der Waals surface area contributed by atoms with E-state index in [0.717, 1.165) is 4.47 Å². The summed E-state index contributed by atoms with van der Waals surface area (Å²) in [7, 11) is 0. The van der Waals surface area contributed by atoms with Crippen LogP contribution in [-0.4, -0.2) is 40.6 Å². The molecule has 0 radical (unpaired) electrons. The molecular weight excluding hydrogens is 366 g/mol. The number of halogens is 1. The summed E-state index contributed by atoms with van der Waals surface area (Å²) in [6.07, 6.45) is 0. The van der Waals surface area contributed by atoms with Crippen LogP contribution in [0.4, 0.5) is 0 Å². The van der Waals surface area contributed by atoms with Gasteiger partial charge in [0, 0.05) is 15.8 Å². The van der Waals surface area contributed by atoms with Crippen LogP contribution in [0.5, 0.6) is 0 Å². The first kappa shape index (κ1) is 17.3. The molecule has 22 heavy (non-hydrogen) atoms. The van der Waals surface area contributed by atoms with Crippen LogP contribution < -0.4 is 0 Å². The van der Waals surface area contributed by atoms with E-state index in [4.69, 9.17) is 4.74 Å². The number of hydrogen-bond donors (Lipinski definition) is 0. The first-order valence-corrected chi connectivity index (χ1v) is 9.16. The zero-order chi connectivity index (χ0) is 16.3. The van der Waals surface area contributed by atoms with Crippen LogP contribution in [0.1, 0.15) is 31.1 Å². The highest BCUT2D eigenvalue weighted by Crippen LogP contribution is 2.35. The maximum Gasteiger partial charge on any atom is 0.329 e. The predicted octanol–water partition coefficient (Wildman–Crippen LogP) is 3.55. The van der Waals surface area contributed by atoms with Crippen LogP contribution in [0.2, 0.25) is 0 Å². The minimum atomic E-state index is -0.506. The molecule has 0 aromatic heterocycles. The molecule has 1 aliphatic heterocycles. The molecule has 1 heterocycles. The lowest BCUT2D eigenvalue weighted by atomic mass is 10.1. The summed E-state index contributed by atoms with van der Waals surface area (Å²) in [6, 6.07) is 6.71. The summed E-state index contributed by atoms with van der Waals surface area (Å²) >= 11 is 5.01. The topological polar surface area (TPSA) is 46.6 Å². The van der Waals surface area contributed by atoms with Gasteiger partial charge in [0.15, 0.2) is 0 Å². The van der Waals surface area contributed by atoms with Crippen molar-refractivity contribution in [2.75, 3.05) is 12.4 Å². The number of thioether (sulfide) groups is 1. The molecule has 1 aromatic rings. The van der Waals surface area contributed by atoms with Crippen molar-refractivity contribution >= 4 is 39.6 Å². The molecule has 0 aliphatic carbocycles. The molecule has 0 saturated carbocycles. The third kappa shape index (κ3) is 3.66. The van der Waals surface area contributed by atoms with Crippen LogP contribution in [0.25, 0.3) is 0 Å². The third-order valence-corrected chi connectivity index (χ3v) is 5.64. The van der Waals surface area contributed by atoms with E-state index >= 15 is 0 Å². The fourth-order valence-electron chi connectivity index (χ4n) is 2.46. The third-order valence-electron chi connectivity index (χ3n) is 3.49. The molecule has 0 spiro atoms. The van der Waals surface area contributed by atoms with Gasteiger partial charge in [0.25, 0.3) is 5.91 Å². The summed E-state index contributed by atoms with van der Waals surface area (Å²) in [6.45, 7) is 6.23. The first-order valence-electron chi connectivity index (χ1n) is 7.32. The minimum Gasteiger partial charge on any atom is -0.464 e. The van der Waals surface area contributed by atoms with E-state index in [9.17, 15) is 9.59 Å². The van der Waals surface area contributed by atoms with Crippen LogP contribution in [0, 0.1) is 5.92 Å². The normalized spacial score (nSPS) is 21.2. The van der Waals surface area contributed by atoms with Gasteiger partial charge in [0.05, 0.1) is 12.0 Å². The van der Waals surface area contributed by atoms with E-state index in [1.54, 1.807) is 35.7 Å². The summed E-state index contributed by atoms with van der Waals surface area (Å²) in [5.41, 5.74) is 0.589. The van der Waals surface area contributed by atoms with E-state index in [-0.39, 0.29) is 23.2 Å². The summed E-state index contributed by atoms with van der Waals surface area (Å²) < 4.78 is 6.05. The summed E-state index contributed by atoms with van der Waals surface area (Å²) in [5.74, 6) is 0.422. The van der Waals surface area contributed by atoms with Crippen molar-refractivity contribution in [3.63, 3.8) is 0 Å². The lowest BCUT2D eigenvalue weighted by Gasteiger charge is -2.30. The second-order valence-corrected chi connectivity index (χ2v) is 7.52. The van der Waals surface area contributed by atoms with Crippen LogP contribution >= 0.6 is 27.7 Å². The van der Waals surface area contributed by atoms with Gasteiger partial charge < -0.3 is 9.64 Å². The van der Waals surface area contributed by atoms with Crippen molar-refractivity contribution in [2.24, 2.45) is 5.92 Å². The van der Waals surface area contributed by atoms with E-state index in [2.05, 4.69) is 29.8 Å². The van der Waals surface area contributed by atoms with Crippen LogP contribution in [0.3, 0.4) is 0 Å². The number of amides is 1. The predicted molar refractivity (Wildman–Crippen MR) is 91.8 cm³/mol. The highest BCUT2D eigenvalue weighted by molar-refractivity contribution is 9.10. The Labute approximate surface area is 143 Å². The average molecular weight is 386 g/mol. The molecule has 2 atom stereocenters. The Hall–Kier alpha value is -1.01. The Morgan fingerprint density at radius 3 is 2.55 bits per heavy atom. The van der Waals surface area contributed by atoms with Crippen molar-refractivity contribution < 1.29 is 14.3 Å². The van der Waals surface area contributed by atoms with Gasteiger partial charge in [-0.3, -0.25) is 4.79 Å². The maximum absolute atomic E-state index is 12.9. The molecule has 1 amide bonds. The van der Waals surface area contributed by atoms with Gasteiger partial charge >= 0.3 is 5.97 Å². The molecule has 4 nitrogen and oxygen atoms in total. The Morgan fingerprint density at radius 2 is 2.00 bits per heavy atom. The molecule has 2 unspecified atom stereocenters. The maximum atomic E-state index is 12.9. The van der Waals surface area contributed by atoms with Crippen LogP contribution in [-0.2, 0) is 9.53 Å². The number of ether oxygens (including phenoxy) is 1. The minimum absolute atomic E-state index is 0.00875. The highest BCUT2D eigenvalue weighted by Gasteiger charge is 2.43. The lowest BCUT2D eigenvalue weighted by molar-refractivity contribution is -0.147. The Morgan fingerprint density at radius 1 is 1.36 bits per heavy atom. The summed E-state index contributed by atoms with van der Waals surface area (Å²) in [5, 5.41) is -0.00875. The molecular formula is C16H20BrNO3S. The molecule has 1 aliphatic rings. The molecule has 6 heteroatoms. The molecule has 2 rings (SSSR count). The number of carbonyl (C=O) groups is 2. The van der Waals surface area contributed by atoms with Gasteiger partial charge in [-0.15, -0.1) is 11.8 Å². The first-order chi connectivity index (χ1) is 10.5. The number of carbonyl (C=O) groups excluding carboxylic acids is 2. The van der Waals surface area contributed by atoms with Gasteiger partial charge in [-0.1, -0.05) is 29.8 Å². The van der Waals surface area contributed by atoms with E-state index in [1.165, 1.54) is 0 Å². The quantitative estimate of drug-likeness (QED) is 0.743. The van der Waals surface area contributed by atoms with Gasteiger partial charge in [-0.25, -0.2) is 4.79 Å². The number of esters is 1. The smallest absolute Gasteiger partial charge is 0.329 e. The van der Waals surface area contributed by atoms with E-state index in [1.807, 2.05) is 12.1 Å². The van der Waals surface area contributed by atoms with Crippen molar-refractivity contribution in [2.45, 2.75) is 32.2 Å². The largest absolute Gasteiger partial charge is 0.464 e. The van der Waals surface area contributed by atoms with Crippen LogP contribution in [0.15, 0.2) is 28.7 Å². The van der Waals surface area contributed by atoms with Crippen molar-refractivity contribution in [1.29, 1.82) is 0 Å². The SMILES string of the molecule is CCOC(=O)C1CSC(C(C)C)N1C(=O)c1ccc(Br)cc1. The molecule has 1 saturated heterocycles. The van der Waals surface area contributed by atoms with E-state index < -0.39 is 6.04 Å². The van der Waals surface area contributed by atoms with Gasteiger partial charge in [-0.2, -0.15) is 0 Å². The fourth-order valence-corrected chi connectivity index (χ4v) is 4.19. The average Bonchev–Trinajstić information content (AvgIpc) is 2.92. The molecule has 0 N–H and O–H groups in total. The number of nitrogens with zero attached hydrogens (tertiary/aromatic N) is 1. The van der Waals surface area contributed by atoms with Crippen molar-refractivity contribution in [3.8, 4) is 0 Å². The molecule has 1 aromatic carbocycles. The van der Waals surface area contributed by atoms with Crippen molar-refractivity contribution in [1.82, 2.24) is 4.90 Å². The standard InChI is InChI=1S/C16H20BrNO3S/c1-4-21-16(20)13-9-22-15(10(2)3)18(13)14(19)11-5-7-12(17)8-6-11/h5-8,10,13,15H,4,9H2,1-3H3. The fraction of sp³-hybridized carbons (Fsp3) is 0.500. The monoisotopic (exact) mass is 385 g/mol. The van der Waals surface area contributed by atoms with Crippen molar-refractivity contribution in [3.05, 3.63) is 34.3 Å².